The molecule has 1 saturated heterocycles. The maximum Gasteiger partial charge on any atom is 0.309 e. The van der Waals surface area contributed by atoms with Crippen LogP contribution >= 0.6 is 0 Å². The zero-order valence-corrected chi connectivity index (χ0v) is 12.2. The van der Waals surface area contributed by atoms with Crippen LogP contribution in [0.2, 0.25) is 0 Å². The molecule has 0 aromatic heterocycles. The van der Waals surface area contributed by atoms with Crippen LogP contribution in [0.25, 0.3) is 0 Å². The minimum atomic E-state index is -0.685. The van der Waals surface area contributed by atoms with Crippen LogP contribution in [0.3, 0.4) is 0 Å². The van der Waals surface area contributed by atoms with Crippen molar-refractivity contribution >= 4 is 11.8 Å². The predicted octanol–water partition coefficient (Wildman–Crippen LogP) is -0.323. The van der Waals surface area contributed by atoms with Crippen molar-refractivity contribution in [3.05, 3.63) is 0 Å². The molecular weight excluding hydrogens is 276 g/mol. The number of rotatable bonds is 5. The van der Waals surface area contributed by atoms with E-state index in [2.05, 4.69) is 10.6 Å². The Morgan fingerprint density at radius 3 is 2.57 bits per heavy atom. The monoisotopic (exact) mass is 300 g/mol. The van der Waals surface area contributed by atoms with E-state index in [9.17, 15) is 9.59 Å². The van der Waals surface area contributed by atoms with Gasteiger partial charge in [0.05, 0.1) is 6.61 Å². The summed E-state index contributed by atoms with van der Waals surface area (Å²) in [4.78, 5) is 23.0. The Bertz CT molecular complexity index is 368. The van der Waals surface area contributed by atoms with Crippen molar-refractivity contribution in [3.8, 4) is 0 Å². The summed E-state index contributed by atoms with van der Waals surface area (Å²) in [6, 6.07) is 0. The van der Waals surface area contributed by atoms with Crippen LogP contribution < -0.4 is 10.6 Å². The Balaban J connectivity index is 1.66. The second-order valence-corrected chi connectivity index (χ2v) is 5.57. The van der Waals surface area contributed by atoms with Crippen LogP contribution in [-0.2, 0) is 19.1 Å². The van der Waals surface area contributed by atoms with Gasteiger partial charge in [-0.2, -0.15) is 0 Å². The van der Waals surface area contributed by atoms with Gasteiger partial charge in [-0.1, -0.05) is 6.42 Å². The fourth-order valence-corrected chi connectivity index (χ4v) is 2.72. The summed E-state index contributed by atoms with van der Waals surface area (Å²) in [5.74, 6) is -1.83. The summed E-state index contributed by atoms with van der Waals surface area (Å²) in [6.07, 6.45) is 5.46. The van der Waals surface area contributed by atoms with E-state index in [0.29, 0.717) is 13.0 Å². The molecule has 1 saturated carbocycles. The van der Waals surface area contributed by atoms with Gasteiger partial charge in [0.15, 0.2) is 5.79 Å². The minimum absolute atomic E-state index is 0.0166. The average Bonchev–Trinajstić information content (AvgIpc) is 2.88. The minimum Gasteiger partial charge on any atom is -0.396 e. The molecule has 1 spiro atoms. The highest BCUT2D eigenvalue weighted by molar-refractivity contribution is 6.35. The smallest absolute Gasteiger partial charge is 0.309 e. The zero-order chi connectivity index (χ0) is 15.1. The number of nitrogens with one attached hydrogen (secondary N) is 2. The van der Waals surface area contributed by atoms with Gasteiger partial charge in [0.2, 0.25) is 0 Å². The van der Waals surface area contributed by atoms with Crippen molar-refractivity contribution in [1.82, 2.24) is 10.6 Å². The standard InChI is InChI=1S/C14H24N2O5/c17-8-4-7-15-12(18)13(19)16-9-11-10-20-14(21-11)5-2-1-3-6-14/h11,17H,1-10H2,(H,15,18)(H,16,19)/t11-/m0/s1. The van der Waals surface area contributed by atoms with Gasteiger partial charge >= 0.3 is 11.8 Å². The highest BCUT2D eigenvalue weighted by Gasteiger charge is 2.42. The highest BCUT2D eigenvalue weighted by Crippen LogP contribution is 2.37. The van der Waals surface area contributed by atoms with Crippen molar-refractivity contribution in [2.75, 3.05) is 26.3 Å². The third-order valence-electron chi connectivity index (χ3n) is 3.85. The normalized spacial score (nSPS) is 24.0. The Labute approximate surface area is 124 Å². The van der Waals surface area contributed by atoms with E-state index < -0.39 is 17.6 Å². The van der Waals surface area contributed by atoms with E-state index >= 15 is 0 Å². The molecule has 3 N–H and O–H groups in total. The van der Waals surface area contributed by atoms with E-state index in [1.54, 1.807) is 0 Å². The molecular formula is C14H24N2O5. The number of aliphatic hydroxyl groups is 1. The molecule has 21 heavy (non-hydrogen) atoms. The molecule has 2 aliphatic rings. The molecule has 0 aromatic rings. The molecule has 1 aliphatic heterocycles. The lowest BCUT2D eigenvalue weighted by atomic mass is 9.94. The van der Waals surface area contributed by atoms with Crippen LogP contribution in [0.5, 0.6) is 0 Å². The van der Waals surface area contributed by atoms with Crippen LogP contribution in [0.1, 0.15) is 38.5 Å². The molecule has 0 aromatic carbocycles. The second kappa shape index (κ2) is 7.72. The van der Waals surface area contributed by atoms with Crippen LogP contribution in [-0.4, -0.2) is 55.1 Å². The lowest BCUT2D eigenvalue weighted by molar-refractivity contribution is -0.186. The fourth-order valence-electron chi connectivity index (χ4n) is 2.72. The average molecular weight is 300 g/mol. The molecule has 2 rings (SSSR count). The molecule has 2 amide bonds. The van der Waals surface area contributed by atoms with Crippen molar-refractivity contribution < 1.29 is 24.2 Å². The van der Waals surface area contributed by atoms with Gasteiger partial charge < -0.3 is 25.2 Å². The molecule has 1 aliphatic carbocycles. The zero-order valence-electron chi connectivity index (χ0n) is 12.2. The number of hydrogen-bond donors (Lipinski definition) is 3. The molecule has 2 fully saturated rings. The van der Waals surface area contributed by atoms with Gasteiger partial charge in [-0.15, -0.1) is 0 Å². The number of hydrogen-bond acceptors (Lipinski definition) is 5. The second-order valence-electron chi connectivity index (χ2n) is 5.57. The lowest BCUT2D eigenvalue weighted by Gasteiger charge is -2.31. The summed E-state index contributed by atoms with van der Waals surface area (Å²) in [7, 11) is 0. The van der Waals surface area contributed by atoms with Crippen LogP contribution in [0.15, 0.2) is 0 Å². The van der Waals surface area contributed by atoms with Gasteiger partial charge in [0, 0.05) is 32.5 Å². The summed E-state index contributed by atoms with van der Waals surface area (Å²) >= 11 is 0. The molecule has 1 atom stereocenters. The van der Waals surface area contributed by atoms with Crippen molar-refractivity contribution in [1.29, 1.82) is 0 Å². The predicted molar refractivity (Wildman–Crippen MR) is 74.4 cm³/mol. The van der Waals surface area contributed by atoms with E-state index in [4.69, 9.17) is 14.6 Å². The van der Waals surface area contributed by atoms with Crippen molar-refractivity contribution in [2.45, 2.75) is 50.4 Å². The molecule has 0 bridgehead atoms. The maximum absolute atomic E-state index is 11.6. The van der Waals surface area contributed by atoms with Gasteiger partial charge in [-0.05, 0) is 19.3 Å². The van der Waals surface area contributed by atoms with E-state index in [-0.39, 0.29) is 25.8 Å². The number of amides is 2. The van der Waals surface area contributed by atoms with E-state index in [0.717, 1.165) is 25.7 Å². The van der Waals surface area contributed by atoms with E-state index in [1.807, 2.05) is 0 Å². The topological polar surface area (TPSA) is 96.9 Å². The molecule has 7 heteroatoms. The van der Waals surface area contributed by atoms with Gasteiger partial charge in [0.1, 0.15) is 6.10 Å². The van der Waals surface area contributed by atoms with Crippen LogP contribution in [0, 0.1) is 0 Å². The maximum atomic E-state index is 11.6. The highest BCUT2D eigenvalue weighted by atomic mass is 16.7. The lowest BCUT2D eigenvalue weighted by Crippen LogP contribution is -2.44. The molecule has 1 heterocycles. The fraction of sp³-hybridized carbons (Fsp3) is 0.857. The SMILES string of the molecule is O=C(NCCCO)C(=O)NC[C@H]1COC2(CCCCC2)O1. The first-order chi connectivity index (χ1) is 10.2. The Hall–Kier alpha value is -1.18. The summed E-state index contributed by atoms with van der Waals surface area (Å²) < 4.78 is 11.7. The Morgan fingerprint density at radius 1 is 1.14 bits per heavy atom. The first-order valence-corrected chi connectivity index (χ1v) is 7.64. The van der Waals surface area contributed by atoms with Gasteiger partial charge in [-0.25, -0.2) is 0 Å². The largest absolute Gasteiger partial charge is 0.396 e. The third-order valence-corrected chi connectivity index (χ3v) is 3.85. The number of aliphatic hydroxyl groups excluding tert-OH is 1. The first kappa shape index (κ1) is 16.2. The summed E-state index contributed by atoms with van der Waals surface area (Å²) in [5, 5.41) is 13.6. The van der Waals surface area contributed by atoms with Crippen molar-refractivity contribution in [2.24, 2.45) is 0 Å². The molecule has 7 nitrogen and oxygen atoms in total. The number of ether oxygens (including phenoxy) is 2. The number of carbonyl (C=O) groups is 2. The Morgan fingerprint density at radius 2 is 1.86 bits per heavy atom. The molecule has 120 valence electrons. The van der Waals surface area contributed by atoms with Gasteiger partial charge in [0.25, 0.3) is 0 Å². The van der Waals surface area contributed by atoms with Gasteiger partial charge in [-0.3, -0.25) is 9.59 Å². The summed E-state index contributed by atoms with van der Waals surface area (Å²) in [6.45, 7) is 0.993. The molecule has 0 radical (unpaired) electrons. The van der Waals surface area contributed by atoms with Crippen molar-refractivity contribution in [3.63, 3.8) is 0 Å². The van der Waals surface area contributed by atoms with E-state index in [1.165, 1.54) is 6.42 Å². The molecule has 0 unspecified atom stereocenters. The van der Waals surface area contributed by atoms with Crippen LogP contribution in [0.4, 0.5) is 0 Å². The number of carbonyl (C=O) groups excluding carboxylic acids is 2. The Kier molecular flexibility index (Phi) is 5.96. The first-order valence-electron chi connectivity index (χ1n) is 7.64. The summed E-state index contributed by atoms with van der Waals surface area (Å²) in [5.41, 5.74) is 0. The third kappa shape index (κ3) is 4.66. The quantitative estimate of drug-likeness (QED) is 0.477.